The number of hydrogen-bond donors (Lipinski definition) is 5. The molecule has 2 aromatic rings. The normalized spacial score (nSPS) is 32.9. The van der Waals surface area contributed by atoms with Crippen molar-refractivity contribution in [3.8, 4) is 5.75 Å². The first kappa shape index (κ1) is 28.7. The number of likely N-dealkylation sites (N-methyl/N-ethyl adjacent to an activating group) is 1. The van der Waals surface area contributed by atoms with Crippen molar-refractivity contribution in [2.75, 3.05) is 14.1 Å². The summed E-state index contributed by atoms with van der Waals surface area (Å²) in [5.41, 5.74) is 4.03. The molecule has 216 valence electrons. The van der Waals surface area contributed by atoms with E-state index in [2.05, 4.69) is 5.32 Å². The number of aliphatic hydroxyl groups is 2. The Bertz CT molecular complexity index is 1460. The molecule has 0 aromatic heterocycles. The van der Waals surface area contributed by atoms with Gasteiger partial charge in [-0.3, -0.25) is 28.9 Å². The highest BCUT2D eigenvalue weighted by molar-refractivity contribution is 6.32. The lowest BCUT2D eigenvalue weighted by Crippen LogP contribution is -2.77. The molecule has 1 amide bonds. The van der Waals surface area contributed by atoms with Gasteiger partial charge >= 0.3 is 0 Å². The van der Waals surface area contributed by atoms with E-state index < -0.39 is 76.4 Å². The molecule has 3 aliphatic carbocycles. The number of fused-ring (bicyclic) bond motifs is 3. The van der Waals surface area contributed by atoms with E-state index in [-0.39, 0.29) is 17.9 Å². The number of phenols is 1. The minimum Gasteiger partial charge on any atom is -0.507 e. The number of carbonyl (C=O) groups excluding carboxylic acids is 5. The molecule has 2 unspecified atom stereocenters. The fourth-order valence-electron chi connectivity index (χ4n) is 7.11. The third-order valence-corrected chi connectivity index (χ3v) is 9.06. The molecule has 11 nitrogen and oxygen atoms in total. The van der Waals surface area contributed by atoms with Crippen molar-refractivity contribution in [2.45, 2.75) is 43.7 Å². The number of amides is 1. The van der Waals surface area contributed by atoms with Crippen LogP contribution in [0.2, 0.25) is 0 Å². The molecule has 6 N–H and O–H groups in total. The Labute approximate surface area is 236 Å². The number of benzene rings is 2. The van der Waals surface area contributed by atoms with E-state index >= 15 is 0 Å². The fourth-order valence-corrected chi connectivity index (χ4v) is 7.11. The minimum atomic E-state index is -3.01. The van der Waals surface area contributed by atoms with E-state index in [4.69, 9.17) is 5.73 Å². The van der Waals surface area contributed by atoms with Crippen molar-refractivity contribution in [1.29, 1.82) is 0 Å². The Morgan fingerprint density at radius 1 is 1.02 bits per heavy atom. The number of carbonyl (C=O) groups is 5. The number of aliphatic hydroxyl groups excluding tert-OH is 1. The first-order valence-corrected chi connectivity index (χ1v) is 13.5. The lowest BCUT2D eigenvalue weighted by Gasteiger charge is -2.56. The smallest absolute Gasteiger partial charge is 0.235 e. The molecule has 0 radical (unpaired) electrons. The molecule has 8 atom stereocenters. The van der Waals surface area contributed by atoms with Crippen molar-refractivity contribution < 1.29 is 39.3 Å². The van der Waals surface area contributed by atoms with Crippen molar-refractivity contribution in [3.05, 3.63) is 64.7 Å². The van der Waals surface area contributed by atoms with Gasteiger partial charge < -0.3 is 26.4 Å². The van der Waals surface area contributed by atoms with Crippen LogP contribution in [-0.4, -0.2) is 81.1 Å². The molecular weight excluding hydrogens is 530 g/mol. The van der Waals surface area contributed by atoms with Crippen LogP contribution >= 0.6 is 0 Å². The summed E-state index contributed by atoms with van der Waals surface area (Å²) in [6.45, 7) is 2.39. The summed E-state index contributed by atoms with van der Waals surface area (Å²) >= 11 is 0. The number of rotatable bonds is 6. The summed E-state index contributed by atoms with van der Waals surface area (Å²) < 4.78 is 0. The standard InChI is InChI=1S/C30H33N3O8/c1-13-16-10-9-15(12-32-11-14-7-5-4-6-8-14)23(34)18(16)24(35)19-17(13)25(36)21-22(33(2)3)26(37)20(29(31)40)28(39)30(21,41)27(19)38/h4-10,13,17,19-22,25,32,34,36,41H,11-12H2,1-3H3,(H2,31,40)/t13-,17+,19?,20?,21+,22-,25-,30-/m0/s1. The minimum absolute atomic E-state index is 0.115. The summed E-state index contributed by atoms with van der Waals surface area (Å²) in [5, 5.41) is 37.8. The molecule has 0 heterocycles. The van der Waals surface area contributed by atoms with E-state index in [1.165, 1.54) is 19.0 Å². The Kier molecular flexibility index (Phi) is 7.19. The molecule has 0 bridgehead atoms. The zero-order valence-electron chi connectivity index (χ0n) is 22.9. The van der Waals surface area contributed by atoms with Crippen molar-refractivity contribution in [3.63, 3.8) is 0 Å². The van der Waals surface area contributed by atoms with Gasteiger partial charge in [0.15, 0.2) is 34.7 Å². The molecule has 11 heteroatoms. The zero-order valence-corrected chi connectivity index (χ0v) is 22.9. The van der Waals surface area contributed by atoms with E-state index in [0.717, 1.165) is 5.56 Å². The molecule has 0 spiro atoms. The summed E-state index contributed by atoms with van der Waals surface area (Å²) in [7, 11) is 2.91. The van der Waals surface area contributed by atoms with Crippen LogP contribution in [0.4, 0.5) is 0 Å². The number of aromatic hydroxyl groups is 1. The van der Waals surface area contributed by atoms with E-state index in [9.17, 15) is 39.3 Å². The monoisotopic (exact) mass is 563 g/mol. The Hall–Kier alpha value is -3.77. The molecule has 3 aliphatic rings. The molecule has 2 fully saturated rings. The fraction of sp³-hybridized carbons (Fsp3) is 0.433. The highest BCUT2D eigenvalue weighted by atomic mass is 16.3. The Morgan fingerprint density at radius 3 is 2.29 bits per heavy atom. The summed E-state index contributed by atoms with van der Waals surface area (Å²) in [5.74, 6) is -13.3. The number of nitrogens with one attached hydrogen (secondary N) is 1. The van der Waals surface area contributed by atoms with E-state index in [0.29, 0.717) is 17.7 Å². The largest absolute Gasteiger partial charge is 0.507 e. The molecule has 2 aromatic carbocycles. The predicted octanol–water partition coefficient (Wildman–Crippen LogP) is -0.311. The van der Waals surface area contributed by atoms with Gasteiger partial charge in [-0.25, -0.2) is 0 Å². The zero-order chi connectivity index (χ0) is 30.0. The van der Waals surface area contributed by atoms with Gasteiger partial charge in [0.05, 0.1) is 29.5 Å². The van der Waals surface area contributed by atoms with Gasteiger partial charge in [-0.1, -0.05) is 49.4 Å². The maximum Gasteiger partial charge on any atom is 0.235 e. The second kappa shape index (κ2) is 10.3. The van der Waals surface area contributed by atoms with E-state index in [1.807, 2.05) is 30.3 Å². The lowest BCUT2D eigenvalue weighted by molar-refractivity contribution is -0.196. The average molecular weight is 564 g/mol. The highest BCUT2D eigenvalue weighted by Gasteiger charge is 2.72. The highest BCUT2D eigenvalue weighted by Crippen LogP contribution is 2.54. The first-order chi connectivity index (χ1) is 19.3. The third-order valence-electron chi connectivity index (χ3n) is 9.06. The van der Waals surface area contributed by atoms with Crippen molar-refractivity contribution in [2.24, 2.45) is 29.4 Å². The molecular formula is C30H33N3O8. The van der Waals surface area contributed by atoms with Crippen LogP contribution in [0.15, 0.2) is 42.5 Å². The van der Waals surface area contributed by atoms with Gasteiger partial charge in [0.2, 0.25) is 5.91 Å². The van der Waals surface area contributed by atoms with E-state index in [1.54, 1.807) is 19.1 Å². The Balaban J connectivity index is 1.55. The van der Waals surface area contributed by atoms with Crippen LogP contribution in [0, 0.1) is 23.7 Å². The van der Waals surface area contributed by atoms with Crippen LogP contribution in [-0.2, 0) is 32.3 Å². The number of nitrogens with zero attached hydrogens (tertiary/aromatic N) is 1. The summed E-state index contributed by atoms with van der Waals surface area (Å²) in [6, 6.07) is 11.5. The van der Waals surface area contributed by atoms with Gasteiger partial charge in [-0.15, -0.1) is 0 Å². The summed E-state index contributed by atoms with van der Waals surface area (Å²) in [6.07, 6.45) is -1.65. The third kappa shape index (κ3) is 4.14. The van der Waals surface area contributed by atoms with Crippen molar-refractivity contribution >= 4 is 29.0 Å². The van der Waals surface area contributed by atoms with Gasteiger partial charge in [0.1, 0.15) is 5.75 Å². The first-order valence-electron chi connectivity index (χ1n) is 13.5. The number of primary amides is 1. The van der Waals surface area contributed by atoms with Crippen LogP contribution in [0.5, 0.6) is 5.75 Å². The van der Waals surface area contributed by atoms with Crippen LogP contribution < -0.4 is 11.1 Å². The quantitative estimate of drug-likeness (QED) is 0.292. The number of ketones is 4. The lowest BCUT2D eigenvalue weighted by atomic mass is 9.49. The molecule has 0 aliphatic heterocycles. The SMILES string of the molecule is C[C@H]1c2ccc(CNCc3ccccc3)c(O)c2C(=O)C2C(=O)[C@]3(O)C(=O)C(C(N)=O)C(=O)[C@@H](N(C)C)[C@@H]3[C@@H](O)[C@@H]21. The average Bonchev–Trinajstić information content (AvgIpc) is 2.92. The van der Waals surface area contributed by atoms with Gasteiger partial charge in [0.25, 0.3) is 0 Å². The summed E-state index contributed by atoms with van der Waals surface area (Å²) in [4.78, 5) is 68.1. The van der Waals surface area contributed by atoms with Gasteiger partial charge in [-0.2, -0.15) is 0 Å². The van der Waals surface area contributed by atoms with Crippen LogP contribution in [0.3, 0.4) is 0 Å². The van der Waals surface area contributed by atoms with Crippen LogP contribution in [0.25, 0.3) is 0 Å². The van der Waals surface area contributed by atoms with Crippen molar-refractivity contribution in [1.82, 2.24) is 10.2 Å². The maximum absolute atomic E-state index is 14.0. The second-order valence-electron chi connectivity index (χ2n) is 11.5. The number of phenolic OH excluding ortho intramolecular Hbond substituents is 1. The molecule has 5 rings (SSSR count). The number of hydrogen-bond acceptors (Lipinski definition) is 10. The van der Waals surface area contributed by atoms with Gasteiger partial charge in [-0.05, 0) is 31.1 Å². The van der Waals surface area contributed by atoms with Gasteiger partial charge in [0, 0.05) is 24.6 Å². The van der Waals surface area contributed by atoms with Crippen LogP contribution in [0.1, 0.15) is 39.9 Å². The Morgan fingerprint density at radius 2 is 1.68 bits per heavy atom. The molecule has 0 saturated heterocycles. The second-order valence-corrected chi connectivity index (χ2v) is 11.5. The maximum atomic E-state index is 14.0. The molecule has 41 heavy (non-hydrogen) atoms. The number of Topliss-reactive ketones (excluding diaryl/α,β-unsaturated/α-hetero) is 4. The number of nitrogens with two attached hydrogens (primary N) is 1. The molecule has 2 saturated carbocycles. The topological polar surface area (TPSA) is 187 Å². The predicted molar refractivity (Wildman–Crippen MR) is 144 cm³/mol.